The van der Waals surface area contributed by atoms with E-state index in [1.165, 1.54) is 18.2 Å². The molecule has 0 spiro atoms. The number of nitrogens with one attached hydrogen (secondary N) is 1. The van der Waals surface area contributed by atoms with Crippen LogP contribution in [0.4, 0.5) is 10.1 Å². The Morgan fingerprint density at radius 3 is 2.48 bits per heavy atom. The summed E-state index contributed by atoms with van der Waals surface area (Å²) in [5, 5.41) is 2.78. The fourth-order valence-corrected chi connectivity index (χ4v) is 2.29. The number of carbonyl (C=O) groups excluding carboxylic acids is 1. The minimum Gasteiger partial charge on any atom is -0.378 e. The van der Waals surface area contributed by atoms with Crippen LogP contribution in [-0.2, 0) is 6.54 Å². The molecule has 1 amide bonds. The van der Waals surface area contributed by atoms with E-state index in [9.17, 15) is 9.18 Å². The lowest BCUT2D eigenvalue weighted by atomic mass is 10.1. The Kier molecular flexibility index (Phi) is 4.96. The molecule has 0 saturated heterocycles. The first-order chi connectivity index (χ1) is 9.97. The molecule has 0 fully saturated rings. The van der Waals surface area contributed by atoms with Gasteiger partial charge in [0.25, 0.3) is 5.91 Å². The summed E-state index contributed by atoms with van der Waals surface area (Å²) >= 11 is 3.25. The number of nitrogens with zero attached hydrogens (tertiary/aromatic N) is 1. The first kappa shape index (κ1) is 15.5. The fourth-order valence-electron chi connectivity index (χ4n) is 1.86. The molecule has 0 aliphatic carbocycles. The molecule has 5 heteroatoms. The average Bonchev–Trinajstić information content (AvgIpc) is 2.47. The highest BCUT2D eigenvalue weighted by Gasteiger charge is 2.10. The van der Waals surface area contributed by atoms with Crippen LogP contribution >= 0.6 is 15.9 Å². The Hall–Kier alpha value is -1.88. The molecule has 0 radical (unpaired) electrons. The van der Waals surface area contributed by atoms with E-state index in [-0.39, 0.29) is 5.91 Å². The molecule has 2 aromatic carbocycles. The maximum absolute atomic E-state index is 13.2. The van der Waals surface area contributed by atoms with Crippen LogP contribution in [0.5, 0.6) is 0 Å². The maximum Gasteiger partial charge on any atom is 0.252 e. The van der Waals surface area contributed by atoms with E-state index in [0.717, 1.165) is 11.3 Å². The molecule has 2 aromatic rings. The predicted molar refractivity (Wildman–Crippen MR) is 86.0 cm³/mol. The second-order valence-electron chi connectivity index (χ2n) is 4.87. The smallest absolute Gasteiger partial charge is 0.252 e. The zero-order chi connectivity index (χ0) is 15.4. The monoisotopic (exact) mass is 350 g/mol. The van der Waals surface area contributed by atoms with E-state index in [1.807, 2.05) is 43.3 Å². The highest BCUT2D eigenvalue weighted by Crippen LogP contribution is 2.18. The highest BCUT2D eigenvalue weighted by atomic mass is 79.9. The minimum absolute atomic E-state index is 0.292. The number of amides is 1. The molecule has 0 atom stereocenters. The third kappa shape index (κ3) is 4.04. The summed E-state index contributed by atoms with van der Waals surface area (Å²) < 4.78 is 13.8. The van der Waals surface area contributed by atoms with Gasteiger partial charge in [-0.2, -0.15) is 0 Å². The van der Waals surface area contributed by atoms with Crippen molar-refractivity contribution < 1.29 is 9.18 Å². The number of benzene rings is 2. The molecule has 0 aromatic heterocycles. The van der Waals surface area contributed by atoms with Crippen molar-refractivity contribution in [2.24, 2.45) is 0 Å². The highest BCUT2D eigenvalue weighted by molar-refractivity contribution is 9.10. The molecule has 0 saturated carbocycles. The van der Waals surface area contributed by atoms with Gasteiger partial charge in [0.15, 0.2) is 0 Å². The quantitative estimate of drug-likeness (QED) is 0.913. The lowest BCUT2D eigenvalue weighted by Gasteiger charge is -2.13. The van der Waals surface area contributed by atoms with Gasteiger partial charge in [-0.15, -0.1) is 0 Å². The van der Waals surface area contributed by atoms with Crippen molar-refractivity contribution in [2.75, 3.05) is 19.0 Å². The standard InChI is InChI=1S/C16H16BrFN2O/c1-20(2)13-6-3-11(4-7-13)10-19-16(21)14-9-12(18)5-8-15(14)17/h3-9H,10H2,1-2H3,(H,19,21). The van der Waals surface area contributed by atoms with Gasteiger partial charge >= 0.3 is 0 Å². The molecule has 0 unspecified atom stereocenters. The summed E-state index contributed by atoms with van der Waals surface area (Å²) in [6, 6.07) is 11.9. The molecule has 0 heterocycles. The summed E-state index contributed by atoms with van der Waals surface area (Å²) in [5.74, 6) is -0.739. The third-order valence-corrected chi connectivity index (χ3v) is 3.77. The van der Waals surface area contributed by atoms with Crippen molar-refractivity contribution in [3.05, 3.63) is 63.9 Å². The first-order valence-corrected chi connectivity index (χ1v) is 7.26. The Balaban J connectivity index is 2.02. The van der Waals surface area contributed by atoms with E-state index in [4.69, 9.17) is 0 Å². The third-order valence-electron chi connectivity index (χ3n) is 3.08. The van der Waals surface area contributed by atoms with Crippen molar-refractivity contribution in [2.45, 2.75) is 6.54 Å². The van der Waals surface area contributed by atoms with Gasteiger partial charge in [-0.3, -0.25) is 4.79 Å². The second-order valence-corrected chi connectivity index (χ2v) is 5.72. The maximum atomic E-state index is 13.2. The van der Waals surface area contributed by atoms with Gasteiger partial charge in [-0.1, -0.05) is 12.1 Å². The van der Waals surface area contributed by atoms with Crippen LogP contribution in [0.15, 0.2) is 46.9 Å². The van der Waals surface area contributed by atoms with E-state index in [1.54, 1.807) is 0 Å². The summed E-state index contributed by atoms with van der Waals surface area (Å²) in [5.41, 5.74) is 2.37. The van der Waals surface area contributed by atoms with Gasteiger partial charge in [-0.05, 0) is 51.8 Å². The van der Waals surface area contributed by atoms with Gasteiger partial charge in [0.05, 0.1) is 5.56 Å². The van der Waals surface area contributed by atoms with E-state index < -0.39 is 5.82 Å². The predicted octanol–water partition coefficient (Wildman–Crippen LogP) is 3.58. The second kappa shape index (κ2) is 6.72. The molecule has 110 valence electrons. The largest absolute Gasteiger partial charge is 0.378 e. The number of carbonyl (C=O) groups is 1. The van der Waals surface area contributed by atoms with Crippen LogP contribution < -0.4 is 10.2 Å². The molecular formula is C16H16BrFN2O. The van der Waals surface area contributed by atoms with Crippen LogP contribution in [0.25, 0.3) is 0 Å². The lowest BCUT2D eigenvalue weighted by Crippen LogP contribution is -2.23. The lowest BCUT2D eigenvalue weighted by molar-refractivity contribution is 0.0949. The van der Waals surface area contributed by atoms with Crippen molar-refractivity contribution in [3.8, 4) is 0 Å². The van der Waals surface area contributed by atoms with Crippen LogP contribution in [0.2, 0.25) is 0 Å². The molecule has 21 heavy (non-hydrogen) atoms. The van der Waals surface area contributed by atoms with Gasteiger partial charge in [-0.25, -0.2) is 4.39 Å². The number of halogens is 2. The summed E-state index contributed by atoms with van der Waals surface area (Å²) in [4.78, 5) is 14.1. The van der Waals surface area contributed by atoms with Crippen LogP contribution in [-0.4, -0.2) is 20.0 Å². The Morgan fingerprint density at radius 2 is 1.86 bits per heavy atom. The van der Waals surface area contributed by atoms with Crippen molar-refractivity contribution >= 4 is 27.5 Å². The van der Waals surface area contributed by atoms with Gasteiger partial charge in [0.2, 0.25) is 0 Å². The Morgan fingerprint density at radius 1 is 1.19 bits per heavy atom. The molecule has 1 N–H and O–H groups in total. The molecule has 0 bridgehead atoms. The summed E-state index contributed by atoms with van der Waals surface area (Å²) in [7, 11) is 3.94. The normalized spacial score (nSPS) is 10.3. The SMILES string of the molecule is CN(C)c1ccc(CNC(=O)c2cc(F)ccc2Br)cc1. The van der Waals surface area contributed by atoms with E-state index >= 15 is 0 Å². The average molecular weight is 351 g/mol. The summed E-state index contributed by atoms with van der Waals surface area (Å²) in [6.07, 6.45) is 0. The summed E-state index contributed by atoms with van der Waals surface area (Å²) in [6.45, 7) is 0.398. The Bertz CT molecular complexity index is 641. The van der Waals surface area contributed by atoms with Gasteiger partial charge in [0, 0.05) is 30.8 Å². The van der Waals surface area contributed by atoms with E-state index in [2.05, 4.69) is 21.2 Å². The zero-order valence-corrected chi connectivity index (χ0v) is 13.4. The van der Waals surface area contributed by atoms with Gasteiger partial charge in [0.1, 0.15) is 5.82 Å². The first-order valence-electron chi connectivity index (χ1n) is 6.47. The molecule has 0 aliphatic rings. The van der Waals surface area contributed by atoms with E-state index in [0.29, 0.717) is 16.6 Å². The number of hydrogen-bond acceptors (Lipinski definition) is 2. The van der Waals surface area contributed by atoms with Crippen LogP contribution in [0.3, 0.4) is 0 Å². The number of hydrogen-bond donors (Lipinski definition) is 1. The minimum atomic E-state index is -0.432. The number of rotatable bonds is 4. The topological polar surface area (TPSA) is 32.3 Å². The molecule has 2 rings (SSSR count). The van der Waals surface area contributed by atoms with Crippen LogP contribution in [0.1, 0.15) is 15.9 Å². The van der Waals surface area contributed by atoms with Gasteiger partial charge < -0.3 is 10.2 Å². The molecular weight excluding hydrogens is 335 g/mol. The molecule has 0 aliphatic heterocycles. The fraction of sp³-hybridized carbons (Fsp3) is 0.188. The van der Waals surface area contributed by atoms with Crippen molar-refractivity contribution in [1.82, 2.24) is 5.32 Å². The number of anilines is 1. The zero-order valence-electron chi connectivity index (χ0n) is 11.9. The van der Waals surface area contributed by atoms with Crippen molar-refractivity contribution in [1.29, 1.82) is 0 Å². The van der Waals surface area contributed by atoms with Crippen LogP contribution in [0, 0.1) is 5.82 Å². The Labute approximate surface area is 131 Å². The molecule has 3 nitrogen and oxygen atoms in total. The van der Waals surface area contributed by atoms with Crippen molar-refractivity contribution in [3.63, 3.8) is 0 Å².